The van der Waals surface area contributed by atoms with E-state index in [9.17, 15) is 0 Å². The molecule has 1 saturated heterocycles. The van der Waals surface area contributed by atoms with Crippen LogP contribution in [0.4, 0.5) is 17.1 Å². The summed E-state index contributed by atoms with van der Waals surface area (Å²) < 4.78 is 13.3. The van der Waals surface area contributed by atoms with Crippen LogP contribution >= 0.6 is 15.9 Å². The summed E-state index contributed by atoms with van der Waals surface area (Å²) in [7, 11) is -0.222. The minimum atomic E-state index is -0.263. The number of halogens is 1. The molecule has 4 aromatic carbocycles. The van der Waals surface area contributed by atoms with Crippen molar-refractivity contribution >= 4 is 58.0 Å². The summed E-state index contributed by atoms with van der Waals surface area (Å²) in [6.45, 7) is 30.8. The number of benzene rings is 4. The standard InChI is InChI=1S/C28H33N3.C18H21BrN2.C17H25BO2/c1-18(2)23-11-8-12-24(19(3)4)28(23)29-17-22-10-7-14-26(31-22)25-13-6-9-21-16-15-20(5)30-27(21)25;1-12(2)15-8-6-9-16(13(3)4)18(15)20-11-14-7-5-10-17(19)21-14;1-12-9-10-13-7-6-8-15(14(13)11-12)18-19-16(2,3)17(4,5)20-18/h6-14,17-20,30H,15-16H2,1-5H3;5-13H,1-4H3;6-8,12H,9-11H2,1-5H3. The van der Waals surface area contributed by atoms with E-state index in [4.69, 9.17) is 24.3 Å². The fraction of sp³-hybridized carbons (Fsp3) is 0.429. The molecule has 4 heterocycles. The third-order valence-electron chi connectivity index (χ3n) is 14.8. The Kier molecular flexibility index (Phi) is 18.0. The number of aliphatic imine (C=N–C) groups is 2. The van der Waals surface area contributed by atoms with Gasteiger partial charge < -0.3 is 14.6 Å². The Hall–Kier alpha value is -5.22. The molecule has 1 N–H and O–H groups in total. The number of aromatic nitrogens is 2. The average molecular weight is 1030 g/mol. The molecular formula is C63H79BBrN5O2. The molecule has 7 nitrogen and oxygen atoms in total. The highest BCUT2D eigenvalue weighted by atomic mass is 79.9. The zero-order chi connectivity index (χ0) is 51.9. The van der Waals surface area contributed by atoms with E-state index in [1.54, 1.807) is 0 Å². The Labute approximate surface area is 441 Å². The molecule has 2 aromatic heterocycles. The number of hydrogen-bond donors (Lipinski definition) is 1. The first-order valence-corrected chi connectivity index (χ1v) is 27.3. The summed E-state index contributed by atoms with van der Waals surface area (Å²) in [5.41, 5.74) is 17.5. The predicted octanol–water partition coefficient (Wildman–Crippen LogP) is 16.4. The van der Waals surface area contributed by atoms with Crippen LogP contribution in [-0.2, 0) is 28.6 Å². The molecule has 1 fully saturated rings. The van der Waals surface area contributed by atoms with Gasteiger partial charge in [0.05, 0.1) is 52.1 Å². The van der Waals surface area contributed by atoms with Crippen molar-refractivity contribution in [2.24, 2.45) is 15.9 Å². The Bertz CT molecular complexity index is 2800. The second kappa shape index (κ2) is 23.8. The molecule has 0 bridgehead atoms. The first-order valence-electron chi connectivity index (χ1n) is 26.5. The number of fused-ring (bicyclic) bond motifs is 2. The number of pyridine rings is 2. The van der Waals surface area contributed by atoms with Gasteiger partial charge in [-0.25, -0.2) is 9.97 Å². The molecule has 9 rings (SSSR count). The molecule has 9 heteroatoms. The molecule has 378 valence electrons. The molecule has 72 heavy (non-hydrogen) atoms. The van der Waals surface area contributed by atoms with Gasteiger partial charge in [-0.05, 0) is 181 Å². The van der Waals surface area contributed by atoms with Gasteiger partial charge in [-0.2, -0.15) is 0 Å². The fourth-order valence-electron chi connectivity index (χ4n) is 9.82. The zero-order valence-corrected chi connectivity index (χ0v) is 47.2. The summed E-state index contributed by atoms with van der Waals surface area (Å²) in [6, 6.07) is 38.6. The molecule has 2 aliphatic heterocycles. The van der Waals surface area contributed by atoms with Crippen molar-refractivity contribution in [2.45, 2.75) is 170 Å². The molecule has 3 aliphatic rings. The molecule has 0 radical (unpaired) electrons. The highest BCUT2D eigenvalue weighted by molar-refractivity contribution is 9.10. The van der Waals surface area contributed by atoms with Crippen LogP contribution in [0.2, 0.25) is 0 Å². The SMILES string of the molecule is CC(C)c1cccc(C(C)C)c1N=Cc1cccc(Br)n1.CC1CCc2cccc(-c3cccc(C=Nc4c(C(C)C)cccc4C(C)C)n3)c2N1.CC1CCc2cccc(B3OC(C)(C)C(C)(C)O3)c2C1. The molecular weight excluding hydrogens is 949 g/mol. The van der Waals surface area contributed by atoms with Gasteiger partial charge >= 0.3 is 7.12 Å². The van der Waals surface area contributed by atoms with Gasteiger partial charge in [-0.1, -0.05) is 147 Å². The lowest BCUT2D eigenvalue weighted by Gasteiger charge is -2.32. The number of aryl methyl sites for hydroxylation is 2. The van der Waals surface area contributed by atoms with Crippen molar-refractivity contribution in [2.75, 3.05) is 5.32 Å². The minimum absolute atomic E-state index is 0.222. The zero-order valence-electron chi connectivity index (χ0n) is 45.6. The van der Waals surface area contributed by atoms with Gasteiger partial charge in [-0.3, -0.25) is 9.98 Å². The number of para-hydroxylation sites is 3. The highest BCUT2D eigenvalue weighted by Gasteiger charge is 2.52. The minimum Gasteiger partial charge on any atom is -0.399 e. The maximum atomic E-state index is 6.23. The van der Waals surface area contributed by atoms with Crippen molar-refractivity contribution in [3.63, 3.8) is 0 Å². The normalized spacial score (nSPS) is 18.0. The maximum Gasteiger partial charge on any atom is 0.495 e. The Morgan fingerprint density at radius 2 is 1.07 bits per heavy atom. The van der Waals surface area contributed by atoms with E-state index in [1.807, 2.05) is 36.7 Å². The van der Waals surface area contributed by atoms with Crippen LogP contribution in [0.15, 0.2) is 124 Å². The van der Waals surface area contributed by atoms with E-state index >= 15 is 0 Å². The van der Waals surface area contributed by atoms with Crippen molar-refractivity contribution in [1.82, 2.24) is 9.97 Å². The van der Waals surface area contributed by atoms with Gasteiger partial charge in [0.25, 0.3) is 0 Å². The maximum absolute atomic E-state index is 6.23. The third-order valence-corrected chi connectivity index (χ3v) is 15.2. The quantitative estimate of drug-likeness (QED) is 0.0840. The van der Waals surface area contributed by atoms with Crippen LogP contribution in [-0.4, -0.2) is 46.8 Å². The van der Waals surface area contributed by atoms with E-state index in [-0.39, 0.29) is 18.3 Å². The van der Waals surface area contributed by atoms with Gasteiger partial charge in [-0.15, -0.1) is 0 Å². The van der Waals surface area contributed by atoms with Crippen molar-refractivity contribution in [3.8, 4) is 11.3 Å². The van der Waals surface area contributed by atoms with Crippen LogP contribution in [0.25, 0.3) is 11.3 Å². The molecule has 6 aromatic rings. The second-order valence-electron chi connectivity index (χ2n) is 22.4. The number of rotatable bonds is 10. The van der Waals surface area contributed by atoms with Crippen molar-refractivity contribution in [1.29, 1.82) is 0 Å². The van der Waals surface area contributed by atoms with Crippen LogP contribution < -0.4 is 10.8 Å². The van der Waals surface area contributed by atoms with E-state index in [0.29, 0.717) is 29.7 Å². The summed E-state index contributed by atoms with van der Waals surface area (Å²) in [6.07, 6.45) is 9.67. The number of nitrogens with one attached hydrogen (secondary N) is 1. The lowest BCUT2D eigenvalue weighted by Crippen LogP contribution is -2.41. The van der Waals surface area contributed by atoms with Gasteiger partial charge in [0.15, 0.2) is 0 Å². The Balaban J connectivity index is 0.000000164. The molecule has 2 unspecified atom stereocenters. The Morgan fingerprint density at radius 3 is 1.61 bits per heavy atom. The monoisotopic (exact) mass is 1030 g/mol. The van der Waals surface area contributed by atoms with E-state index in [2.05, 4.69) is 208 Å². The van der Waals surface area contributed by atoms with Crippen LogP contribution in [0, 0.1) is 5.92 Å². The van der Waals surface area contributed by atoms with Crippen LogP contribution in [0.5, 0.6) is 0 Å². The summed E-state index contributed by atoms with van der Waals surface area (Å²) in [4.78, 5) is 19.1. The smallest absolute Gasteiger partial charge is 0.399 e. The number of nitrogens with zero attached hydrogens (tertiary/aromatic N) is 4. The first kappa shape index (κ1) is 54.6. The highest BCUT2D eigenvalue weighted by Crippen LogP contribution is 2.39. The number of hydrogen-bond acceptors (Lipinski definition) is 7. The van der Waals surface area contributed by atoms with Gasteiger partial charge in [0.1, 0.15) is 4.60 Å². The van der Waals surface area contributed by atoms with Crippen molar-refractivity contribution < 1.29 is 9.31 Å². The topological polar surface area (TPSA) is 81.0 Å². The van der Waals surface area contributed by atoms with E-state index < -0.39 is 0 Å². The summed E-state index contributed by atoms with van der Waals surface area (Å²) >= 11 is 3.39. The average Bonchev–Trinajstić information content (AvgIpc) is 3.57. The third kappa shape index (κ3) is 13.1. The van der Waals surface area contributed by atoms with Crippen LogP contribution in [0.3, 0.4) is 0 Å². The largest absolute Gasteiger partial charge is 0.495 e. The van der Waals surface area contributed by atoms with Crippen LogP contribution in [0.1, 0.15) is 184 Å². The van der Waals surface area contributed by atoms with Gasteiger partial charge in [0, 0.05) is 17.3 Å². The van der Waals surface area contributed by atoms with E-state index in [1.165, 1.54) is 74.9 Å². The lowest BCUT2D eigenvalue weighted by molar-refractivity contribution is 0.00578. The predicted molar refractivity (Wildman–Crippen MR) is 310 cm³/mol. The van der Waals surface area contributed by atoms with Crippen molar-refractivity contribution in [3.05, 3.63) is 164 Å². The first-order chi connectivity index (χ1) is 34.2. The molecule has 0 amide bonds. The molecule has 0 saturated carbocycles. The fourth-order valence-corrected chi connectivity index (χ4v) is 10.2. The molecule has 2 atom stereocenters. The number of anilines is 1. The summed E-state index contributed by atoms with van der Waals surface area (Å²) in [5, 5.41) is 3.67. The Morgan fingerprint density at radius 1 is 0.597 bits per heavy atom. The second-order valence-corrected chi connectivity index (χ2v) is 23.2. The molecule has 0 spiro atoms. The van der Waals surface area contributed by atoms with Gasteiger partial charge in [0.2, 0.25) is 0 Å². The van der Waals surface area contributed by atoms with E-state index in [0.717, 1.165) is 51.8 Å². The summed E-state index contributed by atoms with van der Waals surface area (Å²) in [5.74, 6) is 2.51. The molecule has 1 aliphatic carbocycles. The lowest BCUT2D eigenvalue weighted by atomic mass is 9.70.